The van der Waals surface area contributed by atoms with Crippen molar-refractivity contribution in [1.29, 1.82) is 0 Å². The van der Waals surface area contributed by atoms with Crippen molar-refractivity contribution in [2.75, 3.05) is 5.84 Å². The first-order chi connectivity index (χ1) is 10.2. The number of hydrogen-bond acceptors (Lipinski definition) is 7. The van der Waals surface area contributed by atoms with Gasteiger partial charge >= 0.3 is 0 Å². The van der Waals surface area contributed by atoms with Crippen molar-refractivity contribution in [3.05, 3.63) is 41.0 Å². The number of thiophene rings is 1. The molecule has 108 valence electrons. The molecule has 2 heterocycles. The van der Waals surface area contributed by atoms with Crippen molar-refractivity contribution < 1.29 is 4.79 Å². The third-order valence-corrected chi connectivity index (χ3v) is 5.12. The zero-order chi connectivity index (χ0) is 14.8. The molecular weight excluding hydrogens is 308 g/mol. The second-order valence-electron chi connectivity index (χ2n) is 4.19. The highest BCUT2D eigenvalue weighted by molar-refractivity contribution is 7.98. The first-order valence-electron chi connectivity index (χ1n) is 6.00. The minimum absolute atomic E-state index is 0.291. The standard InChI is InChI=1S/C12H12N6OS2/c13-16-11(19)10-8(5-20-12-17-15-6-18(12)14)7-3-1-2-4-9(7)21-10/h1-4,6H,5,13-14H2,(H,16,19). The average molecular weight is 320 g/mol. The molecule has 0 bridgehead atoms. The molecule has 1 amide bonds. The zero-order valence-corrected chi connectivity index (χ0v) is 12.4. The van der Waals surface area contributed by atoms with Crippen molar-refractivity contribution in [3.8, 4) is 0 Å². The third-order valence-electron chi connectivity index (χ3n) is 2.92. The average Bonchev–Trinajstić information content (AvgIpc) is 3.08. The van der Waals surface area contributed by atoms with Gasteiger partial charge in [0.25, 0.3) is 5.91 Å². The molecule has 3 aromatic rings. The maximum absolute atomic E-state index is 11.9. The molecule has 0 radical (unpaired) electrons. The van der Waals surface area contributed by atoms with Gasteiger partial charge in [0.1, 0.15) is 6.33 Å². The number of aromatic nitrogens is 3. The van der Waals surface area contributed by atoms with Gasteiger partial charge in [-0.25, -0.2) is 10.5 Å². The van der Waals surface area contributed by atoms with E-state index in [-0.39, 0.29) is 5.91 Å². The highest BCUT2D eigenvalue weighted by Crippen LogP contribution is 2.34. The number of nitrogens with zero attached hydrogens (tertiary/aromatic N) is 3. The Labute approximate surface area is 128 Å². The van der Waals surface area contributed by atoms with Gasteiger partial charge in [0, 0.05) is 10.5 Å². The number of rotatable bonds is 4. The van der Waals surface area contributed by atoms with Gasteiger partial charge in [-0.1, -0.05) is 30.0 Å². The molecule has 5 N–H and O–H groups in total. The predicted molar refractivity (Wildman–Crippen MR) is 83.2 cm³/mol. The van der Waals surface area contributed by atoms with Gasteiger partial charge in [-0.2, -0.15) is 0 Å². The van der Waals surface area contributed by atoms with Crippen LogP contribution < -0.4 is 17.1 Å². The van der Waals surface area contributed by atoms with Crippen molar-refractivity contribution in [2.24, 2.45) is 5.84 Å². The summed E-state index contributed by atoms with van der Waals surface area (Å²) in [5.41, 5.74) is 3.11. The lowest BCUT2D eigenvalue weighted by Gasteiger charge is -2.03. The minimum Gasteiger partial charge on any atom is -0.336 e. The lowest BCUT2D eigenvalue weighted by molar-refractivity contribution is 0.0957. The number of thioether (sulfide) groups is 1. The molecule has 0 unspecified atom stereocenters. The van der Waals surface area contributed by atoms with E-state index < -0.39 is 0 Å². The fourth-order valence-electron chi connectivity index (χ4n) is 1.96. The smallest absolute Gasteiger partial charge is 0.275 e. The summed E-state index contributed by atoms with van der Waals surface area (Å²) >= 11 is 2.84. The number of carbonyl (C=O) groups is 1. The van der Waals surface area contributed by atoms with Crippen LogP contribution in [0, 0.1) is 0 Å². The van der Waals surface area contributed by atoms with E-state index in [4.69, 9.17) is 11.7 Å². The molecule has 0 aliphatic carbocycles. The van der Waals surface area contributed by atoms with Crippen molar-refractivity contribution in [1.82, 2.24) is 20.3 Å². The number of fused-ring (bicyclic) bond motifs is 1. The fraction of sp³-hybridized carbons (Fsp3) is 0.0833. The molecule has 0 fully saturated rings. The maximum atomic E-state index is 11.9. The van der Waals surface area contributed by atoms with Crippen molar-refractivity contribution >= 4 is 39.1 Å². The first kappa shape index (κ1) is 13.9. The number of nitrogens with two attached hydrogens (primary N) is 2. The molecule has 0 saturated heterocycles. The number of hydrazine groups is 1. The second kappa shape index (κ2) is 5.72. The molecule has 0 aliphatic rings. The first-order valence-corrected chi connectivity index (χ1v) is 7.80. The van der Waals surface area contributed by atoms with Crippen LogP contribution in [-0.4, -0.2) is 20.8 Å². The largest absolute Gasteiger partial charge is 0.336 e. The Hall–Kier alpha value is -2.10. The summed E-state index contributed by atoms with van der Waals surface area (Å²) < 4.78 is 2.39. The van der Waals surface area contributed by atoms with Crippen LogP contribution in [0.3, 0.4) is 0 Å². The van der Waals surface area contributed by atoms with E-state index in [1.165, 1.54) is 34.1 Å². The van der Waals surface area contributed by atoms with E-state index in [1.807, 2.05) is 24.3 Å². The fourth-order valence-corrected chi connectivity index (χ4v) is 4.05. The Bertz CT molecular complexity index is 796. The molecule has 9 heteroatoms. The third kappa shape index (κ3) is 2.58. The zero-order valence-electron chi connectivity index (χ0n) is 10.8. The van der Waals surface area contributed by atoms with E-state index in [0.717, 1.165) is 15.6 Å². The molecule has 0 aliphatic heterocycles. The lowest BCUT2D eigenvalue weighted by atomic mass is 10.1. The molecular formula is C12H12N6OS2. The van der Waals surface area contributed by atoms with Gasteiger partial charge in [0.05, 0.1) is 4.88 Å². The maximum Gasteiger partial charge on any atom is 0.275 e. The van der Waals surface area contributed by atoms with Crippen LogP contribution in [-0.2, 0) is 5.75 Å². The highest BCUT2D eigenvalue weighted by atomic mass is 32.2. The molecule has 1 aromatic carbocycles. The second-order valence-corrected chi connectivity index (χ2v) is 6.18. The van der Waals surface area contributed by atoms with Crippen LogP contribution in [0.4, 0.5) is 0 Å². The summed E-state index contributed by atoms with van der Waals surface area (Å²) in [6.45, 7) is 0. The summed E-state index contributed by atoms with van der Waals surface area (Å²) in [5.74, 6) is 11.2. The molecule has 0 saturated carbocycles. The van der Waals surface area contributed by atoms with E-state index >= 15 is 0 Å². The number of hydrogen-bond donors (Lipinski definition) is 3. The van der Waals surface area contributed by atoms with E-state index in [2.05, 4.69) is 15.6 Å². The Balaban J connectivity index is 1.99. The molecule has 0 atom stereocenters. The van der Waals surface area contributed by atoms with Crippen molar-refractivity contribution in [2.45, 2.75) is 10.9 Å². The van der Waals surface area contributed by atoms with Crippen LogP contribution >= 0.6 is 23.1 Å². The Kier molecular flexibility index (Phi) is 3.78. The quantitative estimate of drug-likeness (QED) is 0.287. The Morgan fingerprint density at radius 1 is 1.43 bits per heavy atom. The molecule has 3 rings (SSSR count). The summed E-state index contributed by atoms with van der Waals surface area (Å²) in [6.07, 6.45) is 1.43. The summed E-state index contributed by atoms with van der Waals surface area (Å²) in [7, 11) is 0. The van der Waals surface area contributed by atoms with Gasteiger partial charge in [-0.15, -0.1) is 21.5 Å². The van der Waals surface area contributed by atoms with Crippen LogP contribution in [0.2, 0.25) is 0 Å². The topological polar surface area (TPSA) is 112 Å². The van der Waals surface area contributed by atoms with Crippen LogP contribution in [0.5, 0.6) is 0 Å². The minimum atomic E-state index is -0.291. The van der Waals surface area contributed by atoms with Crippen LogP contribution in [0.1, 0.15) is 15.2 Å². The number of carbonyl (C=O) groups excluding carboxylic acids is 1. The van der Waals surface area contributed by atoms with E-state index in [0.29, 0.717) is 15.8 Å². The van der Waals surface area contributed by atoms with Gasteiger partial charge in [0.15, 0.2) is 0 Å². The predicted octanol–water partition coefficient (Wildman–Crippen LogP) is 1.10. The highest BCUT2D eigenvalue weighted by Gasteiger charge is 2.18. The normalized spacial score (nSPS) is 10.9. The summed E-state index contributed by atoms with van der Waals surface area (Å²) in [6, 6.07) is 7.85. The molecule has 21 heavy (non-hydrogen) atoms. The van der Waals surface area contributed by atoms with Gasteiger partial charge < -0.3 is 5.84 Å². The van der Waals surface area contributed by atoms with Crippen molar-refractivity contribution in [3.63, 3.8) is 0 Å². The van der Waals surface area contributed by atoms with Gasteiger partial charge in [-0.3, -0.25) is 10.2 Å². The van der Waals surface area contributed by atoms with E-state index in [1.54, 1.807) is 0 Å². The van der Waals surface area contributed by atoms with Crippen LogP contribution in [0.15, 0.2) is 35.7 Å². The SMILES string of the molecule is NNC(=O)c1sc2ccccc2c1CSc1nncn1N. The monoisotopic (exact) mass is 320 g/mol. The number of benzene rings is 1. The summed E-state index contributed by atoms with van der Waals surface area (Å²) in [5, 5.41) is 9.27. The van der Waals surface area contributed by atoms with Gasteiger partial charge in [0.2, 0.25) is 5.16 Å². The number of nitrogen functional groups attached to an aromatic ring is 2. The number of nitrogens with one attached hydrogen (secondary N) is 1. The summed E-state index contributed by atoms with van der Waals surface area (Å²) in [4.78, 5) is 12.5. The molecule has 2 aromatic heterocycles. The van der Waals surface area contributed by atoms with E-state index in [9.17, 15) is 4.79 Å². The molecule has 7 nitrogen and oxygen atoms in total. The number of amides is 1. The Morgan fingerprint density at radius 2 is 2.24 bits per heavy atom. The van der Waals surface area contributed by atoms with Gasteiger partial charge in [-0.05, 0) is 17.0 Å². The lowest BCUT2D eigenvalue weighted by Crippen LogP contribution is -2.29. The van der Waals surface area contributed by atoms with Crippen LogP contribution in [0.25, 0.3) is 10.1 Å². The molecule has 0 spiro atoms. The Morgan fingerprint density at radius 3 is 2.95 bits per heavy atom.